The second-order valence-electron chi connectivity index (χ2n) is 2.93. The number of hydrogen-bond acceptors (Lipinski definition) is 2. The number of nitrogens with zero attached hydrogens (tertiary/aromatic N) is 2. The highest BCUT2D eigenvalue weighted by molar-refractivity contribution is 6.35. The van der Waals surface area contributed by atoms with Crippen LogP contribution in [0.5, 0.6) is 0 Å². The number of halogens is 2. The summed E-state index contributed by atoms with van der Waals surface area (Å²) in [7, 11) is 1.88. The molecule has 74 valence electrons. The van der Waals surface area contributed by atoms with E-state index in [1.807, 2.05) is 11.9 Å². The molecule has 14 heavy (non-hydrogen) atoms. The van der Waals surface area contributed by atoms with Crippen molar-refractivity contribution < 1.29 is 0 Å². The van der Waals surface area contributed by atoms with Gasteiger partial charge in [-0.15, -0.1) is 0 Å². The molecule has 0 aliphatic rings. The van der Waals surface area contributed by atoms with Gasteiger partial charge in [-0.3, -0.25) is 0 Å². The highest BCUT2D eigenvalue weighted by atomic mass is 35.5. The van der Waals surface area contributed by atoms with E-state index < -0.39 is 0 Å². The molecule has 1 rings (SSSR count). The van der Waals surface area contributed by atoms with Crippen LogP contribution in [0.2, 0.25) is 10.0 Å². The van der Waals surface area contributed by atoms with Crippen molar-refractivity contribution in [2.24, 2.45) is 0 Å². The third kappa shape index (κ3) is 2.80. The van der Waals surface area contributed by atoms with Gasteiger partial charge < -0.3 is 4.90 Å². The molecule has 0 fully saturated rings. The van der Waals surface area contributed by atoms with E-state index >= 15 is 0 Å². The molecule has 2 nitrogen and oxygen atoms in total. The molecular formula is C10H10Cl2N2. The molecule has 0 saturated heterocycles. The van der Waals surface area contributed by atoms with Gasteiger partial charge in [0.1, 0.15) is 0 Å². The monoisotopic (exact) mass is 228 g/mol. The fraction of sp³-hybridized carbons (Fsp3) is 0.300. The summed E-state index contributed by atoms with van der Waals surface area (Å²) in [4.78, 5) is 1.91. The molecule has 4 heteroatoms. The Balaban J connectivity index is 2.83. The maximum Gasteiger partial charge on any atom is 0.0640 e. The summed E-state index contributed by atoms with van der Waals surface area (Å²) in [5, 5.41) is 9.74. The zero-order chi connectivity index (χ0) is 10.6. The zero-order valence-electron chi connectivity index (χ0n) is 7.80. The molecule has 0 N–H and O–H groups in total. The van der Waals surface area contributed by atoms with Gasteiger partial charge in [-0.05, 0) is 18.2 Å². The summed E-state index contributed by atoms with van der Waals surface area (Å²) < 4.78 is 0. The van der Waals surface area contributed by atoms with E-state index in [0.717, 1.165) is 5.69 Å². The zero-order valence-corrected chi connectivity index (χ0v) is 9.31. The predicted octanol–water partition coefficient (Wildman–Crippen LogP) is 3.34. The van der Waals surface area contributed by atoms with Crippen LogP contribution >= 0.6 is 23.2 Å². The van der Waals surface area contributed by atoms with Gasteiger partial charge in [0.25, 0.3) is 0 Å². The fourth-order valence-electron chi connectivity index (χ4n) is 1.12. The molecular weight excluding hydrogens is 219 g/mol. The Morgan fingerprint density at radius 2 is 2.14 bits per heavy atom. The standard InChI is InChI=1S/C10H10Cl2N2/c1-14(6-2-5-13)10-7-8(11)3-4-9(10)12/h3-4,7H,2,6H2,1H3. The van der Waals surface area contributed by atoms with Gasteiger partial charge in [0.2, 0.25) is 0 Å². The quantitative estimate of drug-likeness (QED) is 0.794. The van der Waals surface area contributed by atoms with Crippen LogP contribution in [0.15, 0.2) is 18.2 Å². The normalized spacial score (nSPS) is 9.57. The molecule has 0 saturated carbocycles. The maximum absolute atomic E-state index is 8.45. The molecule has 0 aliphatic carbocycles. The van der Waals surface area contributed by atoms with Gasteiger partial charge in [-0.1, -0.05) is 23.2 Å². The van der Waals surface area contributed by atoms with Crippen LogP contribution in [0.1, 0.15) is 6.42 Å². The van der Waals surface area contributed by atoms with Crippen molar-refractivity contribution in [1.29, 1.82) is 5.26 Å². The number of hydrogen-bond donors (Lipinski definition) is 0. The topological polar surface area (TPSA) is 27.0 Å². The minimum absolute atomic E-state index is 0.472. The second kappa shape index (κ2) is 5.09. The van der Waals surface area contributed by atoms with E-state index in [-0.39, 0.29) is 0 Å². The van der Waals surface area contributed by atoms with Crippen LogP contribution < -0.4 is 4.90 Å². The second-order valence-corrected chi connectivity index (χ2v) is 3.77. The first kappa shape index (κ1) is 11.2. The first-order valence-corrected chi connectivity index (χ1v) is 4.94. The highest BCUT2D eigenvalue weighted by Gasteiger charge is 2.05. The van der Waals surface area contributed by atoms with Crippen molar-refractivity contribution in [2.45, 2.75) is 6.42 Å². The van der Waals surface area contributed by atoms with E-state index in [1.165, 1.54) is 0 Å². The van der Waals surface area contributed by atoms with Crippen molar-refractivity contribution in [3.63, 3.8) is 0 Å². The Morgan fingerprint density at radius 1 is 1.43 bits per heavy atom. The van der Waals surface area contributed by atoms with Crippen LogP contribution in [0.25, 0.3) is 0 Å². The summed E-state index contributed by atoms with van der Waals surface area (Å²) in [6.07, 6.45) is 0.472. The first-order valence-electron chi connectivity index (χ1n) is 4.18. The number of rotatable bonds is 3. The Morgan fingerprint density at radius 3 is 2.79 bits per heavy atom. The Labute approximate surface area is 93.7 Å². The van der Waals surface area contributed by atoms with E-state index in [2.05, 4.69) is 6.07 Å². The summed E-state index contributed by atoms with van der Waals surface area (Å²) in [5.74, 6) is 0. The molecule has 0 radical (unpaired) electrons. The SMILES string of the molecule is CN(CCC#N)c1cc(Cl)ccc1Cl. The molecule has 0 bridgehead atoms. The van der Waals surface area contributed by atoms with Crippen molar-refractivity contribution in [3.05, 3.63) is 28.2 Å². The minimum Gasteiger partial charge on any atom is -0.372 e. The smallest absolute Gasteiger partial charge is 0.0640 e. The average molecular weight is 229 g/mol. The third-order valence-electron chi connectivity index (χ3n) is 1.88. The Bertz CT molecular complexity index is 358. The lowest BCUT2D eigenvalue weighted by molar-refractivity contribution is 0.905. The summed E-state index contributed by atoms with van der Waals surface area (Å²) in [6.45, 7) is 0.649. The van der Waals surface area contributed by atoms with Crippen LogP contribution in [0, 0.1) is 11.3 Å². The van der Waals surface area contributed by atoms with E-state index in [0.29, 0.717) is 23.0 Å². The largest absolute Gasteiger partial charge is 0.372 e. The molecule has 1 aromatic rings. The first-order chi connectivity index (χ1) is 6.65. The molecule has 0 unspecified atom stereocenters. The van der Waals surface area contributed by atoms with Crippen molar-refractivity contribution in [2.75, 3.05) is 18.5 Å². The molecule has 0 heterocycles. The third-order valence-corrected chi connectivity index (χ3v) is 2.43. The van der Waals surface area contributed by atoms with Crippen molar-refractivity contribution in [1.82, 2.24) is 0 Å². The van der Waals surface area contributed by atoms with Gasteiger partial charge >= 0.3 is 0 Å². The van der Waals surface area contributed by atoms with E-state index in [9.17, 15) is 0 Å². The molecule has 1 aromatic carbocycles. The number of anilines is 1. The lowest BCUT2D eigenvalue weighted by Crippen LogP contribution is -2.18. The van der Waals surface area contributed by atoms with E-state index in [1.54, 1.807) is 18.2 Å². The minimum atomic E-state index is 0.472. The van der Waals surface area contributed by atoms with Gasteiger partial charge in [0.15, 0.2) is 0 Å². The lowest BCUT2D eigenvalue weighted by Gasteiger charge is -2.19. The molecule has 0 spiro atoms. The Kier molecular flexibility index (Phi) is 4.06. The van der Waals surface area contributed by atoms with Crippen LogP contribution in [0.3, 0.4) is 0 Å². The van der Waals surface area contributed by atoms with Crippen LogP contribution in [-0.4, -0.2) is 13.6 Å². The number of benzene rings is 1. The molecule has 0 aliphatic heterocycles. The predicted molar refractivity (Wildman–Crippen MR) is 60.0 cm³/mol. The molecule has 0 aromatic heterocycles. The average Bonchev–Trinajstić information content (AvgIpc) is 2.18. The van der Waals surface area contributed by atoms with Gasteiger partial charge in [-0.2, -0.15) is 5.26 Å². The molecule has 0 atom stereocenters. The number of nitriles is 1. The molecule has 0 amide bonds. The van der Waals surface area contributed by atoms with Crippen molar-refractivity contribution in [3.8, 4) is 6.07 Å². The lowest BCUT2D eigenvalue weighted by atomic mass is 10.3. The Hall–Kier alpha value is -0.910. The van der Waals surface area contributed by atoms with Crippen molar-refractivity contribution >= 4 is 28.9 Å². The highest BCUT2D eigenvalue weighted by Crippen LogP contribution is 2.28. The summed E-state index contributed by atoms with van der Waals surface area (Å²) >= 11 is 11.8. The van der Waals surface area contributed by atoms with E-state index in [4.69, 9.17) is 28.5 Å². The maximum atomic E-state index is 8.45. The van der Waals surface area contributed by atoms with Gasteiger partial charge in [0, 0.05) is 18.6 Å². The van der Waals surface area contributed by atoms with Crippen LogP contribution in [-0.2, 0) is 0 Å². The van der Waals surface area contributed by atoms with Crippen LogP contribution in [0.4, 0.5) is 5.69 Å². The fourth-order valence-corrected chi connectivity index (χ4v) is 1.54. The van der Waals surface area contributed by atoms with Gasteiger partial charge in [0.05, 0.1) is 23.2 Å². The summed E-state index contributed by atoms with van der Waals surface area (Å²) in [6, 6.07) is 7.37. The van der Waals surface area contributed by atoms with Gasteiger partial charge in [-0.25, -0.2) is 0 Å². The summed E-state index contributed by atoms with van der Waals surface area (Å²) in [5.41, 5.74) is 0.856.